The van der Waals surface area contributed by atoms with E-state index in [0.717, 1.165) is 16.1 Å². The van der Waals surface area contributed by atoms with E-state index in [-0.39, 0.29) is 18.3 Å². The Hall–Kier alpha value is -0.755. The van der Waals surface area contributed by atoms with Gasteiger partial charge in [0.25, 0.3) is 0 Å². The van der Waals surface area contributed by atoms with Crippen molar-refractivity contribution < 1.29 is 9.31 Å². The molecule has 0 atom stereocenters. The van der Waals surface area contributed by atoms with Crippen molar-refractivity contribution in [2.24, 2.45) is 0 Å². The van der Waals surface area contributed by atoms with Crippen molar-refractivity contribution in [2.45, 2.75) is 71.5 Å². The summed E-state index contributed by atoms with van der Waals surface area (Å²) in [6, 6.07) is 4.14. The Bertz CT molecular complexity index is 520. The van der Waals surface area contributed by atoms with Crippen molar-refractivity contribution in [1.82, 2.24) is 0 Å². The van der Waals surface area contributed by atoms with Gasteiger partial charge < -0.3 is 9.31 Å². The van der Waals surface area contributed by atoms with E-state index in [2.05, 4.69) is 58.6 Å². The van der Waals surface area contributed by atoms with Crippen LogP contribution >= 0.6 is 11.3 Å². The third-order valence-corrected chi connectivity index (χ3v) is 5.25. The molecule has 0 N–H and O–H groups in total. The van der Waals surface area contributed by atoms with Crippen molar-refractivity contribution in [3.63, 3.8) is 0 Å². The minimum absolute atomic E-state index is 0.268. The number of hydrogen-bond donors (Lipinski definition) is 0. The van der Waals surface area contributed by atoms with Gasteiger partial charge in [-0.25, -0.2) is 0 Å². The highest BCUT2D eigenvalue weighted by Crippen LogP contribution is 2.36. The van der Waals surface area contributed by atoms with Crippen LogP contribution in [0.3, 0.4) is 0 Å². The van der Waals surface area contributed by atoms with E-state index in [1.165, 1.54) is 19.3 Å². The van der Waals surface area contributed by atoms with Crippen LogP contribution in [0.2, 0.25) is 0 Å². The highest BCUT2D eigenvalue weighted by molar-refractivity contribution is 7.22. The number of unbranched alkanes of at least 4 members (excludes halogenated alkanes) is 3. The maximum atomic E-state index is 6.06. The van der Waals surface area contributed by atoms with Crippen LogP contribution in [-0.2, 0) is 9.31 Å². The van der Waals surface area contributed by atoms with Crippen molar-refractivity contribution in [3.05, 3.63) is 17.0 Å². The normalized spacial score (nSPS) is 19.4. The minimum Gasteiger partial charge on any atom is -0.399 e. The van der Waals surface area contributed by atoms with Crippen LogP contribution in [0.5, 0.6) is 0 Å². The van der Waals surface area contributed by atoms with Gasteiger partial charge in [0.05, 0.1) is 16.1 Å². The highest BCUT2D eigenvalue weighted by atomic mass is 32.1. The summed E-state index contributed by atoms with van der Waals surface area (Å²) in [4.78, 5) is 1.09. The maximum Gasteiger partial charge on any atom is 0.505 e. The van der Waals surface area contributed by atoms with Gasteiger partial charge in [-0.2, -0.15) is 0 Å². The molecule has 21 heavy (non-hydrogen) atoms. The molecule has 2 rings (SSSR count). The Labute approximate surface area is 133 Å². The average Bonchev–Trinajstić information content (AvgIpc) is 2.93. The summed E-state index contributed by atoms with van der Waals surface area (Å²) in [6.07, 6.45) is 4.68. The van der Waals surface area contributed by atoms with E-state index >= 15 is 0 Å². The molecule has 0 saturated carbocycles. The van der Waals surface area contributed by atoms with Gasteiger partial charge in [0.1, 0.15) is 0 Å². The monoisotopic (exact) mass is 304 g/mol. The molecule has 1 aliphatic heterocycles. The van der Waals surface area contributed by atoms with Crippen LogP contribution in [0.15, 0.2) is 12.1 Å². The lowest BCUT2D eigenvalue weighted by Crippen LogP contribution is -2.41. The van der Waals surface area contributed by atoms with E-state index in [0.29, 0.717) is 0 Å². The summed E-state index contributed by atoms with van der Waals surface area (Å²) < 4.78 is 13.2. The van der Waals surface area contributed by atoms with Crippen molar-refractivity contribution >= 4 is 23.2 Å². The molecular formula is C17H25BO2S. The zero-order valence-corrected chi connectivity index (χ0v) is 14.6. The van der Waals surface area contributed by atoms with Gasteiger partial charge >= 0.3 is 7.12 Å². The van der Waals surface area contributed by atoms with Gasteiger partial charge in [0.15, 0.2) is 0 Å². The largest absolute Gasteiger partial charge is 0.505 e. The summed E-state index contributed by atoms with van der Waals surface area (Å²) in [5, 5.41) is 0. The predicted octanol–water partition coefficient (Wildman–Crippen LogP) is 3.98. The van der Waals surface area contributed by atoms with Crippen LogP contribution in [0.25, 0.3) is 0 Å². The first kappa shape index (κ1) is 16.6. The molecule has 114 valence electrons. The summed E-state index contributed by atoms with van der Waals surface area (Å²) >= 11 is 1.67. The van der Waals surface area contributed by atoms with Crippen molar-refractivity contribution in [1.29, 1.82) is 0 Å². The first-order chi connectivity index (χ1) is 9.86. The van der Waals surface area contributed by atoms with Crippen LogP contribution in [0.1, 0.15) is 65.2 Å². The van der Waals surface area contributed by atoms with Gasteiger partial charge in [-0.15, -0.1) is 11.3 Å². The average molecular weight is 304 g/mol. The van der Waals surface area contributed by atoms with Gasteiger partial charge in [0, 0.05) is 11.2 Å². The van der Waals surface area contributed by atoms with E-state index in [1.54, 1.807) is 11.3 Å². The fraction of sp³-hybridized carbons (Fsp3) is 0.647. The molecule has 2 heterocycles. The Balaban J connectivity index is 1.98. The van der Waals surface area contributed by atoms with Crippen molar-refractivity contribution in [2.75, 3.05) is 0 Å². The molecule has 1 saturated heterocycles. The molecule has 1 fully saturated rings. The molecule has 2 nitrogen and oxygen atoms in total. The van der Waals surface area contributed by atoms with Crippen molar-refractivity contribution in [3.8, 4) is 11.8 Å². The fourth-order valence-electron chi connectivity index (χ4n) is 2.12. The second kappa shape index (κ2) is 6.56. The smallest absolute Gasteiger partial charge is 0.399 e. The van der Waals surface area contributed by atoms with Gasteiger partial charge in [0.2, 0.25) is 0 Å². The Morgan fingerprint density at radius 3 is 2.38 bits per heavy atom. The summed E-state index contributed by atoms with van der Waals surface area (Å²) in [5.74, 6) is 6.50. The number of hydrogen-bond acceptors (Lipinski definition) is 3. The lowest BCUT2D eigenvalue weighted by Gasteiger charge is -2.32. The molecule has 0 unspecified atom stereocenters. The molecule has 1 aromatic rings. The van der Waals surface area contributed by atoms with Gasteiger partial charge in [-0.05, 0) is 40.2 Å². The van der Waals surface area contributed by atoms with Crippen LogP contribution in [-0.4, -0.2) is 18.3 Å². The van der Waals surface area contributed by atoms with E-state index in [1.807, 2.05) is 0 Å². The SMILES string of the molecule is CCCCCC#Cc1ccc(B2OC(C)(C)C(C)(C)O2)s1. The van der Waals surface area contributed by atoms with Crippen LogP contribution < -0.4 is 4.78 Å². The molecule has 1 aliphatic rings. The Kier molecular flexibility index (Phi) is 5.19. The molecule has 4 heteroatoms. The van der Waals surface area contributed by atoms with Crippen LogP contribution in [0, 0.1) is 11.8 Å². The van der Waals surface area contributed by atoms with Gasteiger partial charge in [-0.3, -0.25) is 0 Å². The number of thiophene rings is 1. The number of rotatable bonds is 4. The summed E-state index contributed by atoms with van der Waals surface area (Å²) in [6.45, 7) is 10.5. The maximum absolute atomic E-state index is 6.06. The predicted molar refractivity (Wildman–Crippen MR) is 91.1 cm³/mol. The molecule has 0 bridgehead atoms. The zero-order chi connectivity index (χ0) is 15.5. The van der Waals surface area contributed by atoms with E-state index in [9.17, 15) is 0 Å². The lowest BCUT2D eigenvalue weighted by atomic mass is 9.88. The standard InChI is InChI=1S/C17H25BO2S/c1-6-7-8-9-10-11-14-12-13-15(21-14)18-19-16(2,3)17(4,5)20-18/h12-13H,6-9H2,1-5H3. The minimum atomic E-state index is -0.284. The lowest BCUT2D eigenvalue weighted by molar-refractivity contribution is 0.00578. The zero-order valence-electron chi connectivity index (χ0n) is 13.8. The molecule has 0 amide bonds. The molecular weight excluding hydrogens is 279 g/mol. The molecule has 0 aromatic carbocycles. The second-order valence-electron chi connectivity index (χ2n) is 6.55. The fourth-order valence-corrected chi connectivity index (χ4v) is 2.96. The Morgan fingerprint density at radius 2 is 1.76 bits per heavy atom. The van der Waals surface area contributed by atoms with Crippen LogP contribution in [0.4, 0.5) is 0 Å². The quantitative estimate of drug-likeness (QED) is 0.476. The molecule has 0 radical (unpaired) electrons. The molecule has 0 spiro atoms. The van der Waals surface area contributed by atoms with E-state index < -0.39 is 0 Å². The molecule has 0 aliphatic carbocycles. The summed E-state index contributed by atoms with van der Waals surface area (Å²) in [5.41, 5.74) is -0.568. The molecule has 1 aromatic heterocycles. The first-order valence-corrected chi connectivity index (χ1v) is 8.61. The third kappa shape index (κ3) is 3.91. The Morgan fingerprint density at radius 1 is 1.10 bits per heavy atom. The van der Waals surface area contributed by atoms with E-state index in [4.69, 9.17) is 9.31 Å². The third-order valence-electron chi connectivity index (χ3n) is 4.23. The highest BCUT2D eigenvalue weighted by Gasteiger charge is 2.52. The summed E-state index contributed by atoms with van der Waals surface area (Å²) in [7, 11) is -0.268. The van der Waals surface area contributed by atoms with Gasteiger partial charge in [-0.1, -0.05) is 37.7 Å². The second-order valence-corrected chi connectivity index (χ2v) is 7.66. The first-order valence-electron chi connectivity index (χ1n) is 7.80. The topological polar surface area (TPSA) is 18.5 Å².